The van der Waals surface area contributed by atoms with Gasteiger partial charge in [0.25, 0.3) is 0 Å². The van der Waals surface area contributed by atoms with Gasteiger partial charge in [-0.3, -0.25) is 0 Å². The molecule has 0 atom stereocenters. The zero-order valence-corrected chi connectivity index (χ0v) is 14.6. The Morgan fingerprint density at radius 3 is 2.52 bits per heavy atom. The Labute approximate surface area is 139 Å². The summed E-state index contributed by atoms with van der Waals surface area (Å²) in [4.78, 5) is 14.0. The normalized spacial score (nSPS) is 17.4. The van der Waals surface area contributed by atoms with Crippen molar-refractivity contribution < 1.29 is 9.53 Å². The summed E-state index contributed by atoms with van der Waals surface area (Å²) in [6.07, 6.45) is 1.82. The molecule has 1 fully saturated rings. The lowest BCUT2D eigenvalue weighted by Gasteiger charge is -2.41. The SMILES string of the molecule is Cc1cccc(C2(CC#N)CCN(C(=O)OC(C)(C)C)CC2)c1. The summed E-state index contributed by atoms with van der Waals surface area (Å²) >= 11 is 0. The molecule has 0 aromatic heterocycles. The van der Waals surface area contributed by atoms with Crippen molar-refractivity contribution in [1.29, 1.82) is 5.26 Å². The number of carbonyl (C=O) groups excluding carboxylic acids is 1. The molecule has 1 aromatic carbocycles. The summed E-state index contributed by atoms with van der Waals surface area (Å²) in [6, 6.07) is 10.7. The second-order valence-electron chi connectivity index (χ2n) is 7.45. The van der Waals surface area contributed by atoms with Gasteiger partial charge in [-0.1, -0.05) is 29.8 Å². The Morgan fingerprint density at radius 1 is 1.35 bits per heavy atom. The maximum absolute atomic E-state index is 12.2. The minimum atomic E-state index is -0.477. The van der Waals surface area contributed by atoms with Gasteiger partial charge in [0.15, 0.2) is 0 Å². The molecule has 0 saturated carbocycles. The number of piperidine rings is 1. The van der Waals surface area contributed by atoms with Crippen molar-refractivity contribution in [2.75, 3.05) is 13.1 Å². The van der Waals surface area contributed by atoms with Crippen molar-refractivity contribution in [3.63, 3.8) is 0 Å². The third-order valence-electron chi connectivity index (χ3n) is 4.42. The van der Waals surface area contributed by atoms with Crippen LogP contribution in [0.15, 0.2) is 24.3 Å². The van der Waals surface area contributed by atoms with E-state index in [1.807, 2.05) is 26.8 Å². The van der Waals surface area contributed by atoms with Crippen LogP contribution >= 0.6 is 0 Å². The third-order valence-corrected chi connectivity index (χ3v) is 4.42. The maximum Gasteiger partial charge on any atom is 0.410 e. The van der Waals surface area contributed by atoms with Gasteiger partial charge in [-0.25, -0.2) is 4.79 Å². The van der Waals surface area contributed by atoms with Gasteiger partial charge in [0.2, 0.25) is 0 Å². The lowest BCUT2D eigenvalue weighted by molar-refractivity contribution is 0.0165. The number of carbonyl (C=O) groups is 1. The molecule has 1 heterocycles. The van der Waals surface area contributed by atoms with E-state index in [1.54, 1.807) is 4.90 Å². The minimum absolute atomic E-state index is 0.153. The Kier molecular flexibility index (Phi) is 4.99. The molecule has 0 N–H and O–H groups in total. The predicted octanol–water partition coefficient (Wildman–Crippen LogP) is 4.18. The predicted molar refractivity (Wildman–Crippen MR) is 90.1 cm³/mol. The van der Waals surface area contributed by atoms with Crippen LogP contribution in [0.5, 0.6) is 0 Å². The summed E-state index contributed by atoms with van der Waals surface area (Å²) < 4.78 is 5.45. The van der Waals surface area contributed by atoms with Crippen LogP contribution in [0.1, 0.15) is 51.2 Å². The number of amides is 1. The van der Waals surface area contributed by atoms with Gasteiger partial charge in [-0.15, -0.1) is 0 Å². The number of rotatable bonds is 2. The van der Waals surface area contributed by atoms with E-state index in [0.717, 1.165) is 12.8 Å². The molecule has 2 rings (SSSR count). The number of likely N-dealkylation sites (tertiary alicyclic amines) is 1. The number of hydrogen-bond donors (Lipinski definition) is 0. The lowest BCUT2D eigenvalue weighted by Crippen LogP contribution is -2.46. The van der Waals surface area contributed by atoms with Crippen LogP contribution in [-0.4, -0.2) is 29.7 Å². The van der Waals surface area contributed by atoms with Gasteiger partial charge in [0.05, 0.1) is 6.07 Å². The molecule has 0 spiro atoms. The first kappa shape index (κ1) is 17.3. The Hall–Kier alpha value is -2.02. The van der Waals surface area contributed by atoms with E-state index < -0.39 is 5.60 Å². The molecule has 0 bridgehead atoms. The zero-order chi connectivity index (χ0) is 17.1. The molecule has 0 radical (unpaired) electrons. The van der Waals surface area contributed by atoms with Crippen molar-refractivity contribution in [1.82, 2.24) is 4.90 Å². The van der Waals surface area contributed by atoms with E-state index in [0.29, 0.717) is 19.5 Å². The van der Waals surface area contributed by atoms with Gasteiger partial charge in [0.1, 0.15) is 5.60 Å². The van der Waals surface area contributed by atoms with Crippen molar-refractivity contribution >= 4 is 6.09 Å². The summed E-state index contributed by atoms with van der Waals surface area (Å²) in [5, 5.41) is 9.29. The molecule has 1 aliphatic heterocycles. The van der Waals surface area contributed by atoms with E-state index in [-0.39, 0.29) is 11.5 Å². The third kappa shape index (κ3) is 4.25. The molecule has 1 saturated heterocycles. The highest BCUT2D eigenvalue weighted by molar-refractivity contribution is 5.68. The number of ether oxygens (including phenoxy) is 1. The number of nitriles is 1. The fourth-order valence-electron chi connectivity index (χ4n) is 3.14. The van der Waals surface area contributed by atoms with Crippen LogP contribution in [0.2, 0.25) is 0 Å². The van der Waals surface area contributed by atoms with E-state index in [1.165, 1.54) is 11.1 Å². The van der Waals surface area contributed by atoms with Crippen molar-refractivity contribution in [3.8, 4) is 6.07 Å². The van der Waals surface area contributed by atoms with Crippen LogP contribution in [0.4, 0.5) is 4.79 Å². The summed E-state index contributed by atoms with van der Waals surface area (Å²) in [7, 11) is 0. The van der Waals surface area contributed by atoms with Crippen LogP contribution in [0, 0.1) is 18.3 Å². The highest BCUT2D eigenvalue weighted by Crippen LogP contribution is 2.39. The van der Waals surface area contributed by atoms with E-state index in [2.05, 4.69) is 31.2 Å². The fourth-order valence-corrected chi connectivity index (χ4v) is 3.14. The average molecular weight is 314 g/mol. The van der Waals surface area contributed by atoms with E-state index in [9.17, 15) is 10.1 Å². The molecule has 0 aliphatic carbocycles. The average Bonchev–Trinajstić information content (AvgIpc) is 2.46. The largest absolute Gasteiger partial charge is 0.444 e. The standard InChI is InChI=1S/C19H26N2O2/c1-15-6-5-7-16(14-15)19(8-11-20)9-12-21(13-10-19)17(22)23-18(2,3)4/h5-7,14H,8-10,12-13H2,1-4H3. The number of aryl methyl sites for hydroxylation is 1. The molecule has 1 aliphatic rings. The topological polar surface area (TPSA) is 53.3 Å². The molecular formula is C19H26N2O2. The van der Waals surface area contributed by atoms with Gasteiger partial charge >= 0.3 is 6.09 Å². The first-order valence-corrected chi connectivity index (χ1v) is 8.18. The molecular weight excluding hydrogens is 288 g/mol. The molecule has 0 unspecified atom stereocenters. The Morgan fingerprint density at radius 2 is 2.00 bits per heavy atom. The fraction of sp³-hybridized carbons (Fsp3) is 0.579. The summed E-state index contributed by atoms with van der Waals surface area (Å²) in [5.41, 5.74) is 1.78. The molecule has 23 heavy (non-hydrogen) atoms. The Bertz CT molecular complexity index is 603. The highest BCUT2D eigenvalue weighted by Gasteiger charge is 2.38. The first-order valence-electron chi connectivity index (χ1n) is 8.18. The van der Waals surface area contributed by atoms with Crippen molar-refractivity contribution in [2.24, 2.45) is 0 Å². The highest BCUT2D eigenvalue weighted by atomic mass is 16.6. The van der Waals surface area contributed by atoms with Crippen LogP contribution in [0.25, 0.3) is 0 Å². The number of hydrogen-bond acceptors (Lipinski definition) is 3. The second kappa shape index (κ2) is 6.62. The Balaban J connectivity index is 2.12. The molecule has 4 nitrogen and oxygen atoms in total. The molecule has 1 amide bonds. The minimum Gasteiger partial charge on any atom is -0.444 e. The quantitative estimate of drug-likeness (QED) is 0.823. The number of nitrogens with zero attached hydrogens (tertiary/aromatic N) is 2. The van der Waals surface area contributed by atoms with Crippen LogP contribution < -0.4 is 0 Å². The van der Waals surface area contributed by atoms with Gasteiger partial charge < -0.3 is 9.64 Å². The second-order valence-corrected chi connectivity index (χ2v) is 7.45. The lowest BCUT2D eigenvalue weighted by atomic mass is 9.70. The van der Waals surface area contributed by atoms with Crippen LogP contribution in [0.3, 0.4) is 0 Å². The molecule has 124 valence electrons. The summed E-state index contributed by atoms with van der Waals surface area (Å²) in [5.74, 6) is 0. The van der Waals surface area contributed by atoms with Gasteiger partial charge in [0, 0.05) is 24.9 Å². The molecule has 4 heteroatoms. The number of benzene rings is 1. The smallest absolute Gasteiger partial charge is 0.410 e. The van der Waals surface area contributed by atoms with Gasteiger partial charge in [-0.05, 0) is 46.1 Å². The van der Waals surface area contributed by atoms with Crippen molar-refractivity contribution in [3.05, 3.63) is 35.4 Å². The van der Waals surface area contributed by atoms with E-state index in [4.69, 9.17) is 4.74 Å². The first-order chi connectivity index (χ1) is 10.8. The van der Waals surface area contributed by atoms with Crippen LogP contribution in [-0.2, 0) is 10.2 Å². The zero-order valence-electron chi connectivity index (χ0n) is 14.6. The van der Waals surface area contributed by atoms with E-state index >= 15 is 0 Å². The van der Waals surface area contributed by atoms with Gasteiger partial charge in [-0.2, -0.15) is 5.26 Å². The summed E-state index contributed by atoms with van der Waals surface area (Å²) in [6.45, 7) is 8.96. The monoisotopic (exact) mass is 314 g/mol. The maximum atomic E-state index is 12.2. The van der Waals surface area contributed by atoms with Crippen molar-refractivity contribution in [2.45, 2.75) is 58.0 Å². The molecule has 1 aromatic rings.